The van der Waals surface area contributed by atoms with Gasteiger partial charge in [-0.05, 0) is 24.1 Å². The smallest absolute Gasteiger partial charge is 0.148 e. The second kappa shape index (κ2) is 9.82. The Morgan fingerprint density at radius 3 is 2.90 bits per heavy atom. The Labute approximate surface area is 130 Å². The average Bonchev–Trinajstić information content (AvgIpc) is 2.41. The van der Waals surface area contributed by atoms with Crippen LogP contribution in [0.15, 0.2) is 22.7 Å². The molecule has 0 saturated heterocycles. The van der Waals surface area contributed by atoms with Gasteiger partial charge < -0.3 is 14.8 Å². The van der Waals surface area contributed by atoms with E-state index in [1.54, 1.807) is 0 Å². The van der Waals surface area contributed by atoms with Crippen LogP contribution in [0.4, 0.5) is 0 Å². The van der Waals surface area contributed by atoms with Crippen molar-refractivity contribution in [2.24, 2.45) is 5.92 Å². The molecule has 1 aromatic carbocycles. The highest BCUT2D eigenvalue weighted by Crippen LogP contribution is 2.23. The Hall–Kier alpha value is -1.02. The first-order chi connectivity index (χ1) is 9.63. The van der Waals surface area contributed by atoms with Crippen molar-refractivity contribution in [1.82, 2.24) is 5.32 Å². The topological polar surface area (TPSA) is 30.5 Å². The summed E-state index contributed by atoms with van der Waals surface area (Å²) in [6.45, 7) is 7.63. The molecule has 0 spiro atoms. The first-order valence-electron chi connectivity index (χ1n) is 6.76. The molecule has 1 N–H and O–H groups in total. The van der Waals surface area contributed by atoms with E-state index in [1.807, 2.05) is 18.2 Å². The molecule has 1 aromatic rings. The Morgan fingerprint density at radius 1 is 1.40 bits per heavy atom. The zero-order valence-electron chi connectivity index (χ0n) is 12.1. The molecule has 0 bridgehead atoms. The molecule has 0 aliphatic rings. The molecular weight excluding hydrogens is 318 g/mol. The SMILES string of the molecule is C#CCOc1ccc(Br)cc1CNCCOCC(C)C. The molecule has 0 saturated carbocycles. The van der Waals surface area contributed by atoms with Gasteiger partial charge in [-0.2, -0.15) is 0 Å². The van der Waals surface area contributed by atoms with Crippen LogP contribution < -0.4 is 10.1 Å². The van der Waals surface area contributed by atoms with Gasteiger partial charge in [0.15, 0.2) is 0 Å². The minimum absolute atomic E-state index is 0.284. The van der Waals surface area contributed by atoms with Crippen LogP contribution in [-0.4, -0.2) is 26.4 Å². The number of benzene rings is 1. The molecule has 0 heterocycles. The summed E-state index contributed by atoms with van der Waals surface area (Å²) in [4.78, 5) is 0. The van der Waals surface area contributed by atoms with E-state index in [4.69, 9.17) is 15.9 Å². The number of rotatable bonds is 9. The maximum absolute atomic E-state index is 5.52. The number of hydrogen-bond acceptors (Lipinski definition) is 3. The predicted octanol–water partition coefficient (Wildman–Crippen LogP) is 3.22. The highest BCUT2D eigenvalue weighted by Gasteiger charge is 2.04. The molecule has 110 valence electrons. The third kappa shape index (κ3) is 6.95. The molecule has 0 aliphatic carbocycles. The van der Waals surface area contributed by atoms with Gasteiger partial charge in [-0.1, -0.05) is 35.7 Å². The van der Waals surface area contributed by atoms with Crippen LogP contribution in [0.2, 0.25) is 0 Å². The first-order valence-corrected chi connectivity index (χ1v) is 7.56. The van der Waals surface area contributed by atoms with Crippen LogP contribution in [0, 0.1) is 18.3 Å². The fourth-order valence-electron chi connectivity index (χ4n) is 1.63. The van der Waals surface area contributed by atoms with Crippen molar-refractivity contribution in [2.75, 3.05) is 26.4 Å². The fourth-order valence-corrected chi connectivity index (χ4v) is 2.04. The minimum atomic E-state index is 0.284. The molecule has 0 radical (unpaired) electrons. The van der Waals surface area contributed by atoms with Gasteiger partial charge in [-0.25, -0.2) is 0 Å². The van der Waals surface area contributed by atoms with Gasteiger partial charge in [-0.15, -0.1) is 6.42 Å². The lowest BCUT2D eigenvalue weighted by molar-refractivity contribution is 0.111. The first kappa shape index (κ1) is 17.0. The van der Waals surface area contributed by atoms with E-state index in [0.29, 0.717) is 12.5 Å². The van der Waals surface area contributed by atoms with E-state index in [-0.39, 0.29) is 6.61 Å². The molecule has 1 rings (SSSR count). The van der Waals surface area contributed by atoms with Gasteiger partial charge in [0.1, 0.15) is 12.4 Å². The molecule has 0 amide bonds. The second-order valence-electron chi connectivity index (χ2n) is 4.89. The lowest BCUT2D eigenvalue weighted by Crippen LogP contribution is -2.20. The maximum atomic E-state index is 5.52. The van der Waals surface area contributed by atoms with Gasteiger partial charge in [0, 0.05) is 29.7 Å². The Balaban J connectivity index is 2.38. The van der Waals surface area contributed by atoms with Crippen LogP contribution in [0.5, 0.6) is 5.75 Å². The Morgan fingerprint density at radius 2 is 2.20 bits per heavy atom. The number of halogens is 1. The van der Waals surface area contributed by atoms with Crippen molar-refractivity contribution in [3.63, 3.8) is 0 Å². The average molecular weight is 340 g/mol. The van der Waals surface area contributed by atoms with Crippen LogP contribution in [0.3, 0.4) is 0 Å². The third-order valence-electron chi connectivity index (χ3n) is 2.52. The largest absolute Gasteiger partial charge is 0.481 e. The standard InChI is InChI=1S/C16H22BrNO2/c1-4-8-20-16-6-5-15(17)10-14(16)11-18-7-9-19-12-13(2)3/h1,5-6,10,13,18H,7-9,11-12H2,2-3H3. The molecule has 4 heteroatoms. The molecular formula is C16H22BrNO2. The minimum Gasteiger partial charge on any atom is -0.481 e. The van der Waals surface area contributed by atoms with Gasteiger partial charge >= 0.3 is 0 Å². The highest BCUT2D eigenvalue weighted by molar-refractivity contribution is 9.10. The van der Waals surface area contributed by atoms with E-state index in [9.17, 15) is 0 Å². The van der Waals surface area contributed by atoms with Crippen LogP contribution >= 0.6 is 15.9 Å². The number of terminal acetylenes is 1. The molecule has 0 unspecified atom stereocenters. The van der Waals surface area contributed by atoms with Crippen molar-refractivity contribution in [2.45, 2.75) is 20.4 Å². The van der Waals surface area contributed by atoms with Crippen molar-refractivity contribution in [1.29, 1.82) is 0 Å². The lowest BCUT2D eigenvalue weighted by Gasteiger charge is -2.12. The van der Waals surface area contributed by atoms with Gasteiger partial charge in [0.2, 0.25) is 0 Å². The van der Waals surface area contributed by atoms with E-state index >= 15 is 0 Å². The third-order valence-corrected chi connectivity index (χ3v) is 3.02. The normalized spacial score (nSPS) is 10.6. The Bertz CT molecular complexity index is 441. The number of hydrogen-bond donors (Lipinski definition) is 1. The molecule has 0 fully saturated rings. The Kier molecular flexibility index (Phi) is 8.36. The van der Waals surface area contributed by atoms with Crippen LogP contribution in [-0.2, 0) is 11.3 Å². The summed E-state index contributed by atoms with van der Waals surface area (Å²) in [7, 11) is 0. The summed E-state index contributed by atoms with van der Waals surface area (Å²) in [6, 6.07) is 5.91. The van der Waals surface area contributed by atoms with Gasteiger partial charge in [0.25, 0.3) is 0 Å². The van der Waals surface area contributed by atoms with Gasteiger partial charge in [0.05, 0.1) is 6.61 Å². The summed E-state index contributed by atoms with van der Waals surface area (Å²) in [6.07, 6.45) is 5.22. The zero-order valence-corrected chi connectivity index (χ0v) is 13.7. The summed E-state index contributed by atoms with van der Waals surface area (Å²) < 4.78 is 12.1. The lowest BCUT2D eigenvalue weighted by atomic mass is 10.2. The number of ether oxygens (including phenoxy) is 2. The fraction of sp³-hybridized carbons (Fsp3) is 0.500. The maximum Gasteiger partial charge on any atom is 0.148 e. The van der Waals surface area contributed by atoms with Crippen LogP contribution in [0.1, 0.15) is 19.4 Å². The summed E-state index contributed by atoms with van der Waals surface area (Å²) in [5.41, 5.74) is 1.08. The summed E-state index contributed by atoms with van der Waals surface area (Å²) in [5, 5.41) is 3.34. The van der Waals surface area contributed by atoms with E-state index in [0.717, 1.165) is 35.5 Å². The zero-order chi connectivity index (χ0) is 14.8. The van der Waals surface area contributed by atoms with Gasteiger partial charge in [-0.3, -0.25) is 0 Å². The predicted molar refractivity (Wildman–Crippen MR) is 85.8 cm³/mol. The van der Waals surface area contributed by atoms with Crippen molar-refractivity contribution in [3.8, 4) is 18.1 Å². The van der Waals surface area contributed by atoms with E-state index in [2.05, 4.69) is 41.0 Å². The van der Waals surface area contributed by atoms with E-state index in [1.165, 1.54) is 0 Å². The van der Waals surface area contributed by atoms with Crippen molar-refractivity contribution < 1.29 is 9.47 Å². The molecule has 20 heavy (non-hydrogen) atoms. The monoisotopic (exact) mass is 339 g/mol. The quantitative estimate of drug-likeness (QED) is 0.553. The molecule has 0 aromatic heterocycles. The summed E-state index contributed by atoms with van der Waals surface area (Å²) in [5.74, 6) is 3.87. The molecule has 0 atom stereocenters. The highest BCUT2D eigenvalue weighted by atomic mass is 79.9. The number of nitrogens with one attached hydrogen (secondary N) is 1. The summed E-state index contributed by atoms with van der Waals surface area (Å²) >= 11 is 3.47. The van der Waals surface area contributed by atoms with Crippen molar-refractivity contribution >= 4 is 15.9 Å². The van der Waals surface area contributed by atoms with Crippen LogP contribution in [0.25, 0.3) is 0 Å². The van der Waals surface area contributed by atoms with Crippen molar-refractivity contribution in [3.05, 3.63) is 28.2 Å². The second-order valence-corrected chi connectivity index (χ2v) is 5.81. The molecule has 3 nitrogen and oxygen atoms in total. The van der Waals surface area contributed by atoms with E-state index < -0.39 is 0 Å². The molecule has 0 aliphatic heterocycles.